The quantitative estimate of drug-likeness (QED) is 0.498. The van der Waals surface area contributed by atoms with Crippen LogP contribution in [0.5, 0.6) is 0 Å². The number of fused-ring (bicyclic) bond motifs is 1. The first kappa shape index (κ1) is 12.3. The molecular weight excluding hydrogens is 252 g/mol. The number of aromatic nitrogens is 3. The zero-order valence-electron chi connectivity index (χ0n) is 11.0. The maximum Gasteiger partial charge on any atom is 0.145 e. The van der Waals surface area contributed by atoms with Crippen LogP contribution in [0.3, 0.4) is 0 Å². The largest absolute Gasteiger partial charge is 0.340 e. The van der Waals surface area contributed by atoms with Crippen LogP contribution in [0.1, 0.15) is 5.82 Å². The summed E-state index contributed by atoms with van der Waals surface area (Å²) in [5.41, 5.74) is 4.42. The summed E-state index contributed by atoms with van der Waals surface area (Å²) in [6.45, 7) is 1.82. The molecule has 4 N–H and O–H groups in total. The number of rotatable bonds is 3. The lowest BCUT2D eigenvalue weighted by Gasteiger charge is -2.09. The minimum Gasteiger partial charge on any atom is -0.340 e. The van der Waals surface area contributed by atoms with Crippen LogP contribution in [0.4, 0.5) is 17.3 Å². The van der Waals surface area contributed by atoms with Gasteiger partial charge in [-0.05, 0) is 31.2 Å². The molecule has 0 saturated carbocycles. The molecule has 2 heterocycles. The van der Waals surface area contributed by atoms with E-state index in [1.807, 2.05) is 37.3 Å². The monoisotopic (exact) mass is 266 g/mol. The lowest BCUT2D eigenvalue weighted by molar-refractivity contribution is 1.05. The predicted octanol–water partition coefficient (Wildman–Crippen LogP) is 2.36. The molecule has 0 amide bonds. The Labute approximate surface area is 116 Å². The van der Waals surface area contributed by atoms with Crippen LogP contribution in [-0.4, -0.2) is 15.0 Å². The van der Waals surface area contributed by atoms with Gasteiger partial charge in [0.2, 0.25) is 0 Å². The highest BCUT2D eigenvalue weighted by molar-refractivity contribution is 5.83. The van der Waals surface area contributed by atoms with E-state index in [4.69, 9.17) is 5.84 Å². The van der Waals surface area contributed by atoms with Gasteiger partial charge in [-0.15, -0.1) is 0 Å². The standard InChI is InChI=1S/C14H14N6/c1-9-17-13(8-14(18-9)20-15)19-11-4-5-12-10(7-11)3-2-6-16-12/h2-8H,15H2,1H3,(H2,17,18,19,20). The predicted molar refractivity (Wildman–Crippen MR) is 79.6 cm³/mol. The number of nitrogens with two attached hydrogens (primary N) is 1. The summed E-state index contributed by atoms with van der Waals surface area (Å²) < 4.78 is 0. The summed E-state index contributed by atoms with van der Waals surface area (Å²) in [4.78, 5) is 12.8. The fourth-order valence-electron chi connectivity index (χ4n) is 2.01. The fraction of sp³-hybridized carbons (Fsp3) is 0.0714. The summed E-state index contributed by atoms with van der Waals surface area (Å²) in [5, 5.41) is 4.31. The van der Waals surface area contributed by atoms with Crippen molar-refractivity contribution in [3.05, 3.63) is 48.4 Å². The van der Waals surface area contributed by atoms with E-state index >= 15 is 0 Å². The van der Waals surface area contributed by atoms with Gasteiger partial charge in [-0.3, -0.25) is 4.98 Å². The van der Waals surface area contributed by atoms with E-state index in [0.717, 1.165) is 16.6 Å². The molecule has 3 rings (SSSR count). The molecule has 0 bridgehead atoms. The highest BCUT2D eigenvalue weighted by Crippen LogP contribution is 2.21. The van der Waals surface area contributed by atoms with Gasteiger partial charge in [-0.25, -0.2) is 15.8 Å². The number of hydrazine groups is 1. The van der Waals surface area contributed by atoms with Gasteiger partial charge >= 0.3 is 0 Å². The van der Waals surface area contributed by atoms with Crippen molar-refractivity contribution < 1.29 is 0 Å². The van der Waals surface area contributed by atoms with Gasteiger partial charge in [0.15, 0.2) is 0 Å². The van der Waals surface area contributed by atoms with Crippen LogP contribution in [-0.2, 0) is 0 Å². The van der Waals surface area contributed by atoms with E-state index < -0.39 is 0 Å². The lowest BCUT2D eigenvalue weighted by Crippen LogP contribution is -2.10. The minimum atomic E-state index is 0.572. The average Bonchev–Trinajstić information content (AvgIpc) is 2.46. The molecular formula is C14H14N6. The van der Waals surface area contributed by atoms with Crippen LogP contribution >= 0.6 is 0 Å². The van der Waals surface area contributed by atoms with Crippen molar-refractivity contribution in [3.8, 4) is 0 Å². The first-order valence-corrected chi connectivity index (χ1v) is 6.19. The lowest BCUT2D eigenvalue weighted by atomic mass is 10.2. The molecule has 6 heteroatoms. The SMILES string of the molecule is Cc1nc(NN)cc(Nc2ccc3ncccc3c2)n1. The normalized spacial score (nSPS) is 10.5. The van der Waals surface area contributed by atoms with E-state index in [0.29, 0.717) is 17.5 Å². The third-order valence-electron chi connectivity index (χ3n) is 2.86. The Morgan fingerprint density at radius 2 is 1.90 bits per heavy atom. The molecule has 0 aliphatic heterocycles. The number of anilines is 3. The van der Waals surface area contributed by atoms with E-state index in [1.54, 1.807) is 12.3 Å². The summed E-state index contributed by atoms with van der Waals surface area (Å²) >= 11 is 0. The van der Waals surface area contributed by atoms with E-state index in [-0.39, 0.29) is 0 Å². The second-order valence-electron chi connectivity index (χ2n) is 4.37. The Hall–Kier alpha value is -2.73. The van der Waals surface area contributed by atoms with Crippen molar-refractivity contribution in [2.24, 2.45) is 5.84 Å². The zero-order valence-corrected chi connectivity index (χ0v) is 11.0. The molecule has 0 aliphatic carbocycles. The fourth-order valence-corrected chi connectivity index (χ4v) is 2.01. The number of benzene rings is 1. The van der Waals surface area contributed by atoms with Crippen molar-refractivity contribution >= 4 is 28.2 Å². The Bertz CT molecular complexity index is 755. The second kappa shape index (κ2) is 5.10. The van der Waals surface area contributed by atoms with Crippen molar-refractivity contribution in [2.45, 2.75) is 6.92 Å². The van der Waals surface area contributed by atoms with Crippen LogP contribution in [0, 0.1) is 6.92 Å². The highest BCUT2D eigenvalue weighted by atomic mass is 15.3. The Morgan fingerprint density at radius 1 is 1.05 bits per heavy atom. The second-order valence-corrected chi connectivity index (χ2v) is 4.37. The Morgan fingerprint density at radius 3 is 2.75 bits per heavy atom. The molecule has 0 saturated heterocycles. The summed E-state index contributed by atoms with van der Waals surface area (Å²) in [5.74, 6) is 7.28. The topological polar surface area (TPSA) is 88.8 Å². The molecule has 0 radical (unpaired) electrons. The number of nitrogens with one attached hydrogen (secondary N) is 2. The van der Waals surface area contributed by atoms with Gasteiger partial charge in [0, 0.05) is 23.3 Å². The smallest absolute Gasteiger partial charge is 0.145 e. The molecule has 0 unspecified atom stereocenters. The Balaban J connectivity index is 1.94. The molecule has 3 aromatic rings. The summed E-state index contributed by atoms with van der Waals surface area (Å²) in [6, 6.07) is 11.6. The minimum absolute atomic E-state index is 0.572. The van der Waals surface area contributed by atoms with Gasteiger partial charge in [0.05, 0.1) is 5.52 Å². The van der Waals surface area contributed by atoms with Crippen LogP contribution in [0.25, 0.3) is 10.9 Å². The van der Waals surface area contributed by atoms with Crippen molar-refractivity contribution in [2.75, 3.05) is 10.7 Å². The van der Waals surface area contributed by atoms with Crippen LogP contribution in [0.2, 0.25) is 0 Å². The summed E-state index contributed by atoms with van der Waals surface area (Å²) in [6.07, 6.45) is 1.78. The van der Waals surface area contributed by atoms with Crippen molar-refractivity contribution in [3.63, 3.8) is 0 Å². The van der Waals surface area contributed by atoms with E-state index in [9.17, 15) is 0 Å². The molecule has 0 aliphatic rings. The third-order valence-corrected chi connectivity index (χ3v) is 2.86. The maximum absolute atomic E-state index is 5.38. The number of pyridine rings is 1. The van der Waals surface area contributed by atoms with E-state index in [2.05, 4.69) is 25.7 Å². The first-order chi connectivity index (χ1) is 9.74. The zero-order chi connectivity index (χ0) is 13.9. The highest BCUT2D eigenvalue weighted by Gasteiger charge is 2.02. The molecule has 6 nitrogen and oxygen atoms in total. The van der Waals surface area contributed by atoms with Gasteiger partial charge in [-0.2, -0.15) is 0 Å². The van der Waals surface area contributed by atoms with Gasteiger partial charge < -0.3 is 10.7 Å². The van der Waals surface area contributed by atoms with Gasteiger partial charge in [-0.1, -0.05) is 6.07 Å². The van der Waals surface area contributed by atoms with Gasteiger partial charge in [0.1, 0.15) is 17.5 Å². The molecule has 1 aromatic carbocycles. The van der Waals surface area contributed by atoms with Crippen molar-refractivity contribution in [1.82, 2.24) is 15.0 Å². The number of nitrogen functional groups attached to an aromatic ring is 1. The molecule has 0 fully saturated rings. The average molecular weight is 266 g/mol. The number of hydrogen-bond acceptors (Lipinski definition) is 6. The van der Waals surface area contributed by atoms with Crippen LogP contribution < -0.4 is 16.6 Å². The molecule has 0 atom stereocenters. The summed E-state index contributed by atoms with van der Waals surface area (Å²) in [7, 11) is 0. The number of nitrogens with zero attached hydrogens (tertiary/aromatic N) is 3. The van der Waals surface area contributed by atoms with Crippen LogP contribution in [0.15, 0.2) is 42.6 Å². The maximum atomic E-state index is 5.38. The van der Waals surface area contributed by atoms with Crippen molar-refractivity contribution in [1.29, 1.82) is 0 Å². The molecule has 100 valence electrons. The Kier molecular flexibility index (Phi) is 3.14. The molecule has 2 aromatic heterocycles. The first-order valence-electron chi connectivity index (χ1n) is 6.19. The molecule has 0 spiro atoms. The third kappa shape index (κ3) is 2.50. The number of hydrogen-bond donors (Lipinski definition) is 3. The molecule has 20 heavy (non-hydrogen) atoms. The van der Waals surface area contributed by atoms with E-state index in [1.165, 1.54) is 0 Å². The van der Waals surface area contributed by atoms with Gasteiger partial charge in [0.25, 0.3) is 0 Å². The number of aryl methyl sites for hydroxylation is 1.